The van der Waals surface area contributed by atoms with E-state index in [1.807, 2.05) is 0 Å². The first-order valence-corrected chi connectivity index (χ1v) is 20.4. The molecule has 4 N–H and O–H groups in total. The van der Waals surface area contributed by atoms with Crippen molar-refractivity contribution >= 4 is 11.9 Å². The maximum Gasteiger partial charge on any atom is 0.306 e. The maximum absolute atomic E-state index is 12.7. The highest BCUT2D eigenvalue weighted by atomic mass is 16.7. The molecule has 6 atom stereocenters. The summed E-state index contributed by atoms with van der Waals surface area (Å²) in [6, 6.07) is 0. The molecule has 0 radical (unpaired) electrons. The molecule has 0 aromatic carbocycles. The van der Waals surface area contributed by atoms with Gasteiger partial charge in [0, 0.05) is 12.8 Å². The van der Waals surface area contributed by atoms with Gasteiger partial charge in [0.1, 0.15) is 31.0 Å². The van der Waals surface area contributed by atoms with Crippen molar-refractivity contribution in [1.29, 1.82) is 0 Å². The Labute approximate surface area is 309 Å². The summed E-state index contributed by atoms with van der Waals surface area (Å²) in [6.45, 7) is 3.35. The van der Waals surface area contributed by atoms with E-state index >= 15 is 0 Å². The second kappa shape index (κ2) is 32.8. The van der Waals surface area contributed by atoms with Gasteiger partial charge in [-0.25, -0.2) is 0 Å². The lowest BCUT2D eigenvalue weighted by atomic mass is 9.99. The summed E-state index contributed by atoms with van der Waals surface area (Å²) in [5, 5.41) is 39.9. The third-order valence-electron chi connectivity index (χ3n) is 9.34. The molecule has 1 heterocycles. The van der Waals surface area contributed by atoms with E-state index in [1.165, 1.54) is 83.5 Å². The molecule has 6 unspecified atom stereocenters. The number of aliphatic hydroxyl groups excluding tert-OH is 4. The highest BCUT2D eigenvalue weighted by Crippen LogP contribution is 2.22. The van der Waals surface area contributed by atoms with Crippen LogP contribution in [0.4, 0.5) is 0 Å². The molecule has 51 heavy (non-hydrogen) atoms. The van der Waals surface area contributed by atoms with E-state index in [4.69, 9.17) is 18.9 Å². The molecule has 10 nitrogen and oxygen atoms in total. The van der Waals surface area contributed by atoms with Gasteiger partial charge in [0.2, 0.25) is 0 Å². The van der Waals surface area contributed by atoms with E-state index in [2.05, 4.69) is 38.2 Å². The van der Waals surface area contributed by atoms with Crippen LogP contribution in [0.25, 0.3) is 0 Å². The van der Waals surface area contributed by atoms with E-state index in [9.17, 15) is 30.0 Å². The molecular weight excluding hydrogens is 652 g/mol. The molecule has 0 spiro atoms. The lowest BCUT2D eigenvalue weighted by molar-refractivity contribution is -0.305. The summed E-state index contributed by atoms with van der Waals surface area (Å²) in [5.41, 5.74) is 0. The zero-order chi connectivity index (χ0) is 37.4. The van der Waals surface area contributed by atoms with Crippen molar-refractivity contribution < 1.29 is 49.0 Å². The third kappa shape index (κ3) is 24.9. The molecule has 0 aromatic rings. The number of ether oxygens (including phenoxy) is 4. The highest BCUT2D eigenvalue weighted by Gasteiger charge is 2.44. The van der Waals surface area contributed by atoms with Crippen molar-refractivity contribution in [2.75, 3.05) is 19.8 Å². The Bertz CT molecular complexity index is 892. The van der Waals surface area contributed by atoms with Gasteiger partial charge in [0.25, 0.3) is 0 Å². The Morgan fingerprint density at radius 3 is 1.67 bits per heavy atom. The Morgan fingerprint density at radius 1 is 0.608 bits per heavy atom. The van der Waals surface area contributed by atoms with Gasteiger partial charge in [-0.3, -0.25) is 9.59 Å². The fraction of sp³-hybridized carbons (Fsp3) is 0.854. The van der Waals surface area contributed by atoms with E-state index in [0.29, 0.717) is 6.42 Å². The third-order valence-corrected chi connectivity index (χ3v) is 9.34. The van der Waals surface area contributed by atoms with Crippen LogP contribution in [0.15, 0.2) is 24.3 Å². The summed E-state index contributed by atoms with van der Waals surface area (Å²) < 4.78 is 22.0. The van der Waals surface area contributed by atoms with Crippen LogP contribution in [-0.4, -0.2) is 89.0 Å². The Balaban J connectivity index is 2.36. The van der Waals surface area contributed by atoms with Gasteiger partial charge in [0.15, 0.2) is 12.4 Å². The molecule has 0 aliphatic carbocycles. The van der Waals surface area contributed by atoms with Crippen LogP contribution in [0.1, 0.15) is 168 Å². The molecule has 1 aliphatic rings. The number of carbonyl (C=O) groups excluding carboxylic acids is 2. The number of hydrogen-bond acceptors (Lipinski definition) is 10. The summed E-state index contributed by atoms with van der Waals surface area (Å²) >= 11 is 0. The molecule has 298 valence electrons. The van der Waals surface area contributed by atoms with E-state index < -0.39 is 49.4 Å². The minimum Gasteiger partial charge on any atom is -0.462 e. The normalized spacial score (nSPS) is 21.4. The average molecular weight is 727 g/mol. The lowest BCUT2D eigenvalue weighted by Crippen LogP contribution is -2.59. The molecule has 0 saturated carbocycles. The van der Waals surface area contributed by atoms with Crippen LogP contribution >= 0.6 is 0 Å². The number of allylic oxidation sites excluding steroid dienone is 4. The first-order chi connectivity index (χ1) is 24.8. The largest absolute Gasteiger partial charge is 0.462 e. The number of unbranched alkanes of at least 4 members (excludes halogenated alkanes) is 18. The van der Waals surface area contributed by atoms with Crippen molar-refractivity contribution in [2.24, 2.45) is 0 Å². The number of hydrogen-bond donors (Lipinski definition) is 4. The van der Waals surface area contributed by atoms with Crippen molar-refractivity contribution in [3.05, 3.63) is 24.3 Å². The quantitative estimate of drug-likeness (QED) is 0.0300. The smallest absolute Gasteiger partial charge is 0.306 e. The van der Waals surface area contributed by atoms with Crippen molar-refractivity contribution in [3.63, 3.8) is 0 Å². The summed E-state index contributed by atoms with van der Waals surface area (Å²) in [5.74, 6) is -0.817. The predicted molar refractivity (Wildman–Crippen MR) is 201 cm³/mol. The fourth-order valence-electron chi connectivity index (χ4n) is 6.04. The van der Waals surface area contributed by atoms with Gasteiger partial charge in [-0.1, -0.05) is 134 Å². The number of carbonyl (C=O) groups is 2. The predicted octanol–water partition coefficient (Wildman–Crippen LogP) is 7.77. The number of rotatable bonds is 33. The fourth-order valence-corrected chi connectivity index (χ4v) is 6.04. The van der Waals surface area contributed by atoms with E-state index in [1.54, 1.807) is 0 Å². The second-order valence-electron chi connectivity index (χ2n) is 14.1. The summed E-state index contributed by atoms with van der Waals surface area (Å²) in [6.07, 6.45) is 26.2. The Hall–Kier alpha value is -1.82. The van der Waals surface area contributed by atoms with Gasteiger partial charge < -0.3 is 39.4 Å². The van der Waals surface area contributed by atoms with Crippen LogP contribution in [0.2, 0.25) is 0 Å². The first-order valence-electron chi connectivity index (χ1n) is 20.4. The molecule has 0 bridgehead atoms. The molecule has 1 aliphatic heterocycles. The summed E-state index contributed by atoms with van der Waals surface area (Å²) in [7, 11) is 0. The zero-order valence-electron chi connectivity index (χ0n) is 32.1. The minimum absolute atomic E-state index is 0.218. The topological polar surface area (TPSA) is 152 Å². The number of aliphatic hydroxyl groups is 4. The van der Waals surface area contributed by atoms with Crippen molar-refractivity contribution in [2.45, 2.75) is 205 Å². The molecule has 1 rings (SSSR count). The zero-order valence-corrected chi connectivity index (χ0v) is 32.1. The van der Waals surface area contributed by atoms with Gasteiger partial charge in [-0.05, 0) is 44.9 Å². The molecular formula is C41H74O10. The standard InChI is InChI=1S/C41H74O10/c1-3-5-7-9-11-13-14-15-16-17-18-19-20-22-24-26-28-30-37(44)50-34(33-49-41-40(47)39(46)38(45)35(31-42)51-41)32-48-36(43)29-27-25-23-21-12-10-8-6-4-2/h11,13,15-16,34-35,38-42,45-47H,3-10,12,14,17-33H2,1-2H3/b13-11-,16-15-. The summed E-state index contributed by atoms with van der Waals surface area (Å²) in [4.78, 5) is 25.1. The molecule has 0 aromatic heterocycles. The van der Waals surface area contributed by atoms with E-state index in [-0.39, 0.29) is 32.0 Å². The lowest BCUT2D eigenvalue weighted by Gasteiger charge is -2.39. The Kier molecular flexibility index (Phi) is 30.4. The van der Waals surface area contributed by atoms with Gasteiger partial charge in [-0.2, -0.15) is 0 Å². The monoisotopic (exact) mass is 727 g/mol. The van der Waals surface area contributed by atoms with Crippen LogP contribution < -0.4 is 0 Å². The molecule has 0 amide bonds. The highest BCUT2D eigenvalue weighted by molar-refractivity contribution is 5.70. The van der Waals surface area contributed by atoms with Gasteiger partial charge in [0.05, 0.1) is 13.2 Å². The Morgan fingerprint density at radius 2 is 1.10 bits per heavy atom. The van der Waals surface area contributed by atoms with Crippen molar-refractivity contribution in [1.82, 2.24) is 0 Å². The second-order valence-corrected chi connectivity index (χ2v) is 14.1. The molecule has 1 saturated heterocycles. The van der Waals surface area contributed by atoms with Crippen molar-refractivity contribution in [3.8, 4) is 0 Å². The van der Waals surface area contributed by atoms with Crippen LogP contribution in [-0.2, 0) is 28.5 Å². The molecule has 1 fully saturated rings. The van der Waals surface area contributed by atoms with Gasteiger partial charge >= 0.3 is 11.9 Å². The average Bonchev–Trinajstić information content (AvgIpc) is 3.13. The van der Waals surface area contributed by atoms with E-state index in [0.717, 1.165) is 51.4 Å². The SMILES string of the molecule is CCCCC/C=C\C/C=C\CCCCCCCCCC(=O)OC(COC(=O)CCCCCCCCCCC)COC1OC(CO)C(O)C(O)C1O. The first kappa shape index (κ1) is 47.2. The van der Waals surface area contributed by atoms with Crippen LogP contribution in [0.3, 0.4) is 0 Å². The van der Waals surface area contributed by atoms with Gasteiger partial charge in [-0.15, -0.1) is 0 Å². The number of esters is 2. The maximum atomic E-state index is 12.7. The van der Waals surface area contributed by atoms with Crippen LogP contribution in [0.5, 0.6) is 0 Å². The molecule has 10 heteroatoms. The van der Waals surface area contributed by atoms with Crippen LogP contribution in [0, 0.1) is 0 Å². The minimum atomic E-state index is -1.59.